The maximum Gasteiger partial charge on any atom is 0.226 e. The van der Waals surface area contributed by atoms with E-state index < -0.39 is 23.1 Å². The van der Waals surface area contributed by atoms with Crippen LogP contribution in [0.1, 0.15) is 26.3 Å². The minimum Gasteiger partial charge on any atom is -0.264 e. The molecule has 0 saturated heterocycles. The number of benzene rings is 1. The molecule has 3 atom stereocenters. The maximum atomic E-state index is 12.2. The van der Waals surface area contributed by atoms with E-state index in [1.807, 2.05) is 32.9 Å². The molecule has 1 aromatic rings. The first-order valence-corrected chi connectivity index (χ1v) is 7.36. The first-order chi connectivity index (χ1) is 8.82. The van der Waals surface area contributed by atoms with Gasteiger partial charge in [0.2, 0.25) is 6.04 Å². The number of aryl methyl sites for hydroxylation is 1. The van der Waals surface area contributed by atoms with Crippen molar-refractivity contribution in [2.75, 3.05) is 0 Å². The van der Waals surface area contributed by atoms with Crippen LogP contribution < -0.4 is 4.72 Å². The van der Waals surface area contributed by atoms with Gasteiger partial charge in [-0.1, -0.05) is 31.5 Å². The lowest BCUT2D eigenvalue weighted by molar-refractivity contribution is -0.523. The fraction of sp³-hybridized carbons (Fsp3) is 0.538. The lowest BCUT2D eigenvalue weighted by Crippen LogP contribution is -2.46. The Morgan fingerprint density at radius 1 is 1.21 bits per heavy atom. The molecule has 1 rings (SSSR count). The molecule has 0 saturated carbocycles. The van der Waals surface area contributed by atoms with Gasteiger partial charge in [0, 0.05) is 11.8 Å². The van der Waals surface area contributed by atoms with E-state index in [0.29, 0.717) is 4.90 Å². The minimum absolute atomic E-state index is 0.0230. The summed E-state index contributed by atoms with van der Waals surface area (Å²) in [7, 11) is -1.43. The van der Waals surface area contributed by atoms with E-state index in [9.17, 15) is 14.3 Å². The van der Waals surface area contributed by atoms with Gasteiger partial charge in [-0.25, -0.2) is 8.93 Å². The summed E-state index contributed by atoms with van der Waals surface area (Å²) in [5, 5.41) is 10.9. The minimum atomic E-state index is -1.43. The molecule has 0 aromatic heterocycles. The Morgan fingerprint density at radius 3 is 2.16 bits per heavy atom. The highest BCUT2D eigenvalue weighted by molar-refractivity contribution is 7.83. The molecule has 0 aliphatic rings. The molecule has 0 amide bonds. The number of rotatable bonds is 6. The second-order valence-corrected chi connectivity index (χ2v) is 6.24. The Kier molecular flexibility index (Phi) is 5.62. The van der Waals surface area contributed by atoms with E-state index in [1.54, 1.807) is 12.1 Å². The van der Waals surface area contributed by atoms with Crippen molar-refractivity contribution in [2.24, 2.45) is 5.92 Å². The average molecular weight is 284 g/mol. The third-order valence-corrected chi connectivity index (χ3v) is 4.24. The fourth-order valence-corrected chi connectivity index (χ4v) is 3.01. The summed E-state index contributed by atoms with van der Waals surface area (Å²) >= 11 is 0. The summed E-state index contributed by atoms with van der Waals surface area (Å²) in [6.45, 7) is 7.24. The van der Waals surface area contributed by atoms with Gasteiger partial charge in [0.05, 0.1) is 10.9 Å². The van der Waals surface area contributed by atoms with Crippen molar-refractivity contribution in [3.63, 3.8) is 0 Å². The van der Waals surface area contributed by atoms with Gasteiger partial charge in [-0.05, 0) is 25.0 Å². The predicted octanol–water partition coefficient (Wildman–Crippen LogP) is 2.30. The normalized spacial score (nSPS) is 16.1. The number of hydrogen-bond donors (Lipinski definition) is 1. The molecule has 0 aliphatic carbocycles. The number of hydrogen-bond acceptors (Lipinski definition) is 3. The Bertz CT molecular complexity index is 459. The molecule has 19 heavy (non-hydrogen) atoms. The summed E-state index contributed by atoms with van der Waals surface area (Å²) in [6.07, 6.45) is 0. The van der Waals surface area contributed by atoms with Crippen LogP contribution in [0.2, 0.25) is 0 Å². The van der Waals surface area contributed by atoms with Gasteiger partial charge < -0.3 is 0 Å². The molecule has 1 N–H and O–H groups in total. The number of nitrogens with one attached hydrogen (secondary N) is 1. The Balaban J connectivity index is 2.82. The highest BCUT2D eigenvalue weighted by Crippen LogP contribution is 2.13. The zero-order valence-corrected chi connectivity index (χ0v) is 12.4. The summed E-state index contributed by atoms with van der Waals surface area (Å²) in [5.41, 5.74) is 1.08. The van der Waals surface area contributed by atoms with Gasteiger partial charge in [0.1, 0.15) is 11.0 Å². The van der Waals surface area contributed by atoms with Gasteiger partial charge in [0.15, 0.2) is 0 Å². The van der Waals surface area contributed by atoms with Crippen LogP contribution in [-0.2, 0) is 11.0 Å². The SMILES string of the molecule is Cc1ccc(S(=O)N[C@@H](C(C)C)[C@H](C)[N+](=O)[O-])cc1. The lowest BCUT2D eigenvalue weighted by Gasteiger charge is -2.22. The molecular formula is C13H20N2O3S. The van der Waals surface area contributed by atoms with Crippen LogP contribution in [0.4, 0.5) is 0 Å². The summed E-state index contributed by atoms with van der Waals surface area (Å²) in [5.74, 6) is 0.0230. The van der Waals surface area contributed by atoms with Crippen LogP contribution >= 0.6 is 0 Å². The van der Waals surface area contributed by atoms with E-state index in [4.69, 9.17) is 0 Å². The smallest absolute Gasteiger partial charge is 0.226 e. The van der Waals surface area contributed by atoms with Gasteiger partial charge in [0.25, 0.3) is 0 Å². The van der Waals surface area contributed by atoms with Crippen molar-refractivity contribution >= 4 is 11.0 Å². The highest BCUT2D eigenvalue weighted by Gasteiger charge is 2.30. The van der Waals surface area contributed by atoms with Crippen molar-refractivity contribution in [3.05, 3.63) is 39.9 Å². The monoisotopic (exact) mass is 284 g/mol. The molecule has 1 aromatic carbocycles. The van der Waals surface area contributed by atoms with Crippen LogP contribution in [-0.4, -0.2) is 21.2 Å². The van der Waals surface area contributed by atoms with Crippen LogP contribution in [0.3, 0.4) is 0 Å². The standard InChI is InChI=1S/C13H20N2O3S/c1-9(2)13(11(4)15(16)17)14-19(18)12-7-5-10(3)6-8-12/h5-9,11,13-14H,1-4H3/t11-,13-,19?/m0/s1. The van der Waals surface area contributed by atoms with E-state index in [1.165, 1.54) is 6.92 Å². The topological polar surface area (TPSA) is 72.2 Å². The number of nitrogens with zero attached hydrogens (tertiary/aromatic N) is 1. The van der Waals surface area contributed by atoms with E-state index >= 15 is 0 Å². The van der Waals surface area contributed by atoms with E-state index in [0.717, 1.165) is 5.56 Å². The van der Waals surface area contributed by atoms with Crippen LogP contribution in [0.25, 0.3) is 0 Å². The van der Waals surface area contributed by atoms with Gasteiger partial charge in [-0.3, -0.25) is 10.1 Å². The Morgan fingerprint density at radius 2 is 1.74 bits per heavy atom. The van der Waals surface area contributed by atoms with Crippen molar-refractivity contribution < 1.29 is 9.13 Å². The summed E-state index contributed by atoms with van der Waals surface area (Å²) in [6, 6.07) is 6.07. The third-order valence-electron chi connectivity index (χ3n) is 3.05. The van der Waals surface area contributed by atoms with Crippen LogP contribution in [0.5, 0.6) is 0 Å². The van der Waals surface area contributed by atoms with E-state index in [2.05, 4.69) is 4.72 Å². The quantitative estimate of drug-likeness (QED) is 0.643. The maximum absolute atomic E-state index is 12.2. The molecule has 0 bridgehead atoms. The van der Waals surface area contributed by atoms with Crippen molar-refractivity contribution in [1.82, 2.24) is 4.72 Å². The average Bonchev–Trinajstić information content (AvgIpc) is 2.35. The first-order valence-electron chi connectivity index (χ1n) is 6.21. The molecule has 0 heterocycles. The molecule has 1 unspecified atom stereocenters. The second-order valence-electron chi connectivity index (χ2n) is 5.00. The molecule has 5 nitrogen and oxygen atoms in total. The Labute approximate surface area is 116 Å². The second kappa shape index (κ2) is 6.77. The molecule has 0 radical (unpaired) electrons. The first kappa shape index (κ1) is 15.8. The van der Waals surface area contributed by atoms with Gasteiger partial charge in [-0.2, -0.15) is 0 Å². The summed E-state index contributed by atoms with van der Waals surface area (Å²) in [4.78, 5) is 11.2. The molecule has 0 fully saturated rings. The fourth-order valence-electron chi connectivity index (χ4n) is 1.78. The predicted molar refractivity (Wildman–Crippen MR) is 75.8 cm³/mol. The van der Waals surface area contributed by atoms with Crippen LogP contribution in [0, 0.1) is 23.0 Å². The molecule has 6 heteroatoms. The third kappa shape index (κ3) is 4.40. The van der Waals surface area contributed by atoms with Gasteiger partial charge in [-0.15, -0.1) is 0 Å². The molecule has 0 spiro atoms. The zero-order chi connectivity index (χ0) is 14.6. The molecule has 0 aliphatic heterocycles. The Hall–Kier alpha value is -1.27. The summed E-state index contributed by atoms with van der Waals surface area (Å²) < 4.78 is 15.0. The van der Waals surface area contributed by atoms with Crippen LogP contribution in [0.15, 0.2) is 29.2 Å². The largest absolute Gasteiger partial charge is 0.264 e. The van der Waals surface area contributed by atoms with Crippen molar-refractivity contribution in [1.29, 1.82) is 0 Å². The van der Waals surface area contributed by atoms with E-state index in [-0.39, 0.29) is 10.8 Å². The van der Waals surface area contributed by atoms with Crippen molar-refractivity contribution in [3.8, 4) is 0 Å². The van der Waals surface area contributed by atoms with Gasteiger partial charge >= 0.3 is 0 Å². The molecule has 106 valence electrons. The highest BCUT2D eigenvalue weighted by atomic mass is 32.2. The lowest BCUT2D eigenvalue weighted by atomic mass is 9.99. The van der Waals surface area contributed by atoms with Crippen molar-refractivity contribution in [2.45, 2.75) is 44.7 Å². The zero-order valence-electron chi connectivity index (χ0n) is 11.6. The number of nitro groups is 1. The molecular weight excluding hydrogens is 264 g/mol.